The Morgan fingerprint density at radius 3 is 1.73 bits per heavy atom. The number of ether oxygens (including phenoxy) is 1. The Labute approximate surface area is 174 Å². The Morgan fingerprint density at radius 1 is 0.567 bits per heavy atom. The van der Waals surface area contributed by atoms with Crippen LogP contribution < -0.4 is 10.1 Å². The molecule has 4 aromatic rings. The molecule has 0 spiro atoms. The summed E-state index contributed by atoms with van der Waals surface area (Å²) in [4.78, 5) is 24.7. The number of anilines is 1. The van der Waals surface area contributed by atoms with E-state index in [0.29, 0.717) is 22.6 Å². The van der Waals surface area contributed by atoms with Gasteiger partial charge in [0.2, 0.25) is 0 Å². The molecule has 146 valence electrons. The third-order valence-electron chi connectivity index (χ3n) is 4.59. The first-order chi connectivity index (χ1) is 14.7. The molecule has 0 saturated heterocycles. The number of rotatable bonds is 5. The van der Waals surface area contributed by atoms with Crippen molar-refractivity contribution in [1.82, 2.24) is 0 Å². The number of amides is 1. The van der Waals surface area contributed by atoms with Gasteiger partial charge in [-0.15, -0.1) is 0 Å². The van der Waals surface area contributed by atoms with Gasteiger partial charge in [0.1, 0.15) is 5.75 Å². The van der Waals surface area contributed by atoms with Crippen molar-refractivity contribution in [1.29, 1.82) is 0 Å². The smallest absolute Gasteiger partial charge is 0.343 e. The maximum Gasteiger partial charge on any atom is 0.343 e. The molecule has 30 heavy (non-hydrogen) atoms. The second-order valence-corrected chi connectivity index (χ2v) is 6.68. The van der Waals surface area contributed by atoms with Crippen LogP contribution in [-0.2, 0) is 0 Å². The Hall–Kier alpha value is -4.18. The zero-order valence-electron chi connectivity index (χ0n) is 16.1. The zero-order valence-corrected chi connectivity index (χ0v) is 16.1. The van der Waals surface area contributed by atoms with Gasteiger partial charge >= 0.3 is 5.97 Å². The summed E-state index contributed by atoms with van der Waals surface area (Å²) in [6.07, 6.45) is 0. The Balaban J connectivity index is 1.39. The fourth-order valence-corrected chi connectivity index (χ4v) is 2.99. The Kier molecular flexibility index (Phi) is 5.67. The molecule has 0 radical (unpaired) electrons. The minimum Gasteiger partial charge on any atom is -0.423 e. The Bertz CT molecular complexity index is 1140. The van der Waals surface area contributed by atoms with Crippen molar-refractivity contribution in [2.24, 2.45) is 0 Å². The van der Waals surface area contributed by atoms with Crippen LogP contribution in [0.5, 0.6) is 5.75 Å². The van der Waals surface area contributed by atoms with Gasteiger partial charge in [0.15, 0.2) is 0 Å². The summed E-state index contributed by atoms with van der Waals surface area (Å²) in [5, 5.41) is 2.84. The summed E-state index contributed by atoms with van der Waals surface area (Å²) in [5.41, 5.74) is 3.71. The monoisotopic (exact) mass is 393 g/mol. The van der Waals surface area contributed by atoms with Gasteiger partial charge in [-0.3, -0.25) is 4.79 Å². The number of para-hydroxylation sites is 1. The summed E-state index contributed by atoms with van der Waals surface area (Å²) < 4.78 is 5.31. The maximum absolute atomic E-state index is 12.5. The molecule has 0 bridgehead atoms. The van der Waals surface area contributed by atoms with E-state index in [1.165, 1.54) is 0 Å². The molecular formula is C26H19NO3. The Morgan fingerprint density at radius 2 is 1.10 bits per heavy atom. The molecular weight excluding hydrogens is 374 g/mol. The van der Waals surface area contributed by atoms with Gasteiger partial charge < -0.3 is 10.1 Å². The summed E-state index contributed by atoms with van der Waals surface area (Å²) in [5.74, 6) is -0.177. The standard InChI is InChI=1S/C26H19NO3/c28-25(21-13-11-20(12-14-21)19-7-3-1-4-8-19)27-23-17-15-22(16-18-23)26(29)30-24-9-5-2-6-10-24/h1-18H,(H,27,28). The molecule has 4 nitrogen and oxygen atoms in total. The van der Waals surface area contributed by atoms with Crippen LogP contribution in [0, 0.1) is 0 Å². The van der Waals surface area contributed by atoms with E-state index in [9.17, 15) is 9.59 Å². The van der Waals surface area contributed by atoms with E-state index in [-0.39, 0.29) is 5.91 Å². The molecule has 4 rings (SSSR count). The lowest BCUT2D eigenvalue weighted by Crippen LogP contribution is -2.12. The maximum atomic E-state index is 12.5. The normalized spacial score (nSPS) is 10.3. The van der Waals surface area contributed by atoms with E-state index >= 15 is 0 Å². The minimum atomic E-state index is -0.449. The number of carbonyl (C=O) groups is 2. The number of carbonyl (C=O) groups excluding carboxylic acids is 2. The topological polar surface area (TPSA) is 55.4 Å². The van der Waals surface area contributed by atoms with Crippen molar-refractivity contribution in [3.63, 3.8) is 0 Å². The third-order valence-corrected chi connectivity index (χ3v) is 4.59. The fraction of sp³-hybridized carbons (Fsp3) is 0. The van der Waals surface area contributed by atoms with Gasteiger partial charge in [0.25, 0.3) is 5.91 Å². The van der Waals surface area contributed by atoms with E-state index < -0.39 is 5.97 Å². The van der Waals surface area contributed by atoms with Crippen molar-refractivity contribution in [3.8, 4) is 16.9 Å². The molecule has 1 N–H and O–H groups in total. The average Bonchev–Trinajstić information content (AvgIpc) is 2.81. The second-order valence-electron chi connectivity index (χ2n) is 6.68. The molecule has 0 fully saturated rings. The van der Waals surface area contributed by atoms with Crippen molar-refractivity contribution >= 4 is 17.6 Å². The largest absolute Gasteiger partial charge is 0.423 e. The van der Waals surface area contributed by atoms with Crippen LogP contribution >= 0.6 is 0 Å². The third kappa shape index (κ3) is 4.62. The number of nitrogens with one attached hydrogen (secondary N) is 1. The molecule has 0 saturated carbocycles. The highest BCUT2D eigenvalue weighted by atomic mass is 16.5. The molecule has 0 aliphatic heterocycles. The number of hydrogen-bond acceptors (Lipinski definition) is 3. The van der Waals surface area contributed by atoms with Crippen LogP contribution in [-0.4, -0.2) is 11.9 Å². The molecule has 0 heterocycles. The molecule has 0 aliphatic rings. The van der Waals surface area contributed by atoms with E-state index in [0.717, 1.165) is 11.1 Å². The summed E-state index contributed by atoms with van der Waals surface area (Å²) in [6.45, 7) is 0. The molecule has 4 aromatic carbocycles. The average molecular weight is 393 g/mol. The van der Waals surface area contributed by atoms with Crippen molar-refractivity contribution in [3.05, 3.63) is 120 Å². The molecule has 1 amide bonds. The minimum absolute atomic E-state index is 0.214. The highest BCUT2D eigenvalue weighted by molar-refractivity contribution is 6.04. The first-order valence-electron chi connectivity index (χ1n) is 9.53. The second kappa shape index (κ2) is 8.88. The predicted octanol–water partition coefficient (Wildman–Crippen LogP) is 5.83. The number of esters is 1. The van der Waals surface area contributed by atoms with Crippen LogP contribution in [0.15, 0.2) is 109 Å². The van der Waals surface area contributed by atoms with Crippen molar-refractivity contribution in [2.75, 3.05) is 5.32 Å². The van der Waals surface area contributed by atoms with E-state index in [4.69, 9.17) is 4.74 Å². The lowest BCUT2D eigenvalue weighted by atomic mass is 10.0. The first kappa shape index (κ1) is 19.2. The van der Waals surface area contributed by atoms with Crippen LogP contribution in [0.2, 0.25) is 0 Å². The summed E-state index contributed by atoms with van der Waals surface area (Å²) in [6, 6.07) is 32.9. The van der Waals surface area contributed by atoms with Crippen LogP contribution in [0.1, 0.15) is 20.7 Å². The molecule has 4 heteroatoms. The van der Waals surface area contributed by atoms with Crippen LogP contribution in [0.3, 0.4) is 0 Å². The van der Waals surface area contributed by atoms with Gasteiger partial charge in [0.05, 0.1) is 5.56 Å². The lowest BCUT2D eigenvalue weighted by Gasteiger charge is -2.08. The quantitative estimate of drug-likeness (QED) is 0.343. The van der Waals surface area contributed by atoms with Gasteiger partial charge in [-0.05, 0) is 59.7 Å². The SMILES string of the molecule is O=C(Nc1ccc(C(=O)Oc2ccccc2)cc1)c1ccc(-c2ccccc2)cc1. The van der Waals surface area contributed by atoms with Crippen molar-refractivity contribution in [2.45, 2.75) is 0 Å². The molecule has 0 unspecified atom stereocenters. The molecule has 0 atom stereocenters. The van der Waals surface area contributed by atoms with Crippen molar-refractivity contribution < 1.29 is 14.3 Å². The van der Waals surface area contributed by atoms with E-state index in [1.54, 1.807) is 60.7 Å². The van der Waals surface area contributed by atoms with Crippen LogP contribution in [0.4, 0.5) is 5.69 Å². The summed E-state index contributed by atoms with van der Waals surface area (Å²) in [7, 11) is 0. The van der Waals surface area contributed by atoms with Gasteiger partial charge in [-0.1, -0.05) is 60.7 Å². The molecule has 0 aliphatic carbocycles. The van der Waals surface area contributed by atoms with E-state index in [1.807, 2.05) is 48.5 Å². The number of hydrogen-bond donors (Lipinski definition) is 1. The highest BCUT2D eigenvalue weighted by Gasteiger charge is 2.10. The highest BCUT2D eigenvalue weighted by Crippen LogP contribution is 2.20. The van der Waals surface area contributed by atoms with Crippen LogP contribution in [0.25, 0.3) is 11.1 Å². The van der Waals surface area contributed by atoms with Gasteiger partial charge in [0, 0.05) is 11.3 Å². The first-order valence-corrected chi connectivity index (χ1v) is 9.53. The summed E-state index contributed by atoms with van der Waals surface area (Å²) >= 11 is 0. The van der Waals surface area contributed by atoms with Gasteiger partial charge in [-0.2, -0.15) is 0 Å². The van der Waals surface area contributed by atoms with E-state index in [2.05, 4.69) is 5.32 Å². The predicted molar refractivity (Wildman–Crippen MR) is 118 cm³/mol. The number of benzene rings is 4. The van der Waals surface area contributed by atoms with Gasteiger partial charge in [-0.25, -0.2) is 4.79 Å². The lowest BCUT2D eigenvalue weighted by molar-refractivity contribution is 0.0734. The zero-order chi connectivity index (χ0) is 20.8. The molecule has 0 aromatic heterocycles. The fourth-order valence-electron chi connectivity index (χ4n) is 2.99.